The van der Waals surface area contributed by atoms with E-state index in [1.807, 2.05) is 18.3 Å². The van der Waals surface area contributed by atoms with Crippen molar-refractivity contribution in [3.63, 3.8) is 0 Å². The van der Waals surface area contributed by atoms with Crippen LogP contribution < -0.4 is 5.46 Å². The Balaban J connectivity index is 2.37. The fourth-order valence-electron chi connectivity index (χ4n) is 1.42. The summed E-state index contributed by atoms with van der Waals surface area (Å²) in [4.78, 5) is 3.99. The van der Waals surface area contributed by atoms with Gasteiger partial charge in [0, 0.05) is 24.2 Å². The average molecular weight is 184 g/mol. The molecule has 0 aromatic carbocycles. The summed E-state index contributed by atoms with van der Waals surface area (Å²) in [5, 5.41) is 7.04. The van der Waals surface area contributed by atoms with Gasteiger partial charge in [-0.15, -0.1) is 0 Å². The summed E-state index contributed by atoms with van der Waals surface area (Å²) in [6.45, 7) is 2.11. The van der Waals surface area contributed by atoms with Crippen molar-refractivity contribution in [2.75, 3.05) is 0 Å². The second-order valence-electron chi connectivity index (χ2n) is 3.05. The summed E-state index contributed by atoms with van der Waals surface area (Å²) >= 11 is 0. The van der Waals surface area contributed by atoms with E-state index in [1.54, 1.807) is 12.4 Å². The van der Waals surface area contributed by atoms with Crippen molar-refractivity contribution in [2.45, 2.75) is 13.2 Å². The Labute approximate surface area is 83.8 Å². The van der Waals surface area contributed by atoms with Gasteiger partial charge in [0.2, 0.25) is 0 Å². The first-order valence-corrected chi connectivity index (χ1v) is 4.68. The Morgan fingerprint density at radius 1 is 1.36 bits per heavy atom. The molecule has 0 spiro atoms. The minimum Gasteiger partial charge on any atom is -0.278 e. The number of pyridine rings is 1. The molecule has 2 heterocycles. The van der Waals surface area contributed by atoms with Crippen LogP contribution in [0, 0.1) is 0 Å². The fraction of sp³-hybridized carbons (Fsp3) is 0.200. The molecule has 0 aliphatic carbocycles. The van der Waals surface area contributed by atoms with E-state index in [9.17, 15) is 0 Å². The highest BCUT2D eigenvalue weighted by Gasteiger charge is 2.06. The standard InChI is InChI=1S/C10H11BN3/c1-2-11-9-7-13-14-10(9)8-3-5-12-6-4-8/h3-7H,2H2,1H3,(H,13,14). The summed E-state index contributed by atoms with van der Waals surface area (Å²) in [7, 11) is 2.15. The van der Waals surface area contributed by atoms with Gasteiger partial charge in [0.1, 0.15) is 0 Å². The van der Waals surface area contributed by atoms with E-state index in [0.29, 0.717) is 0 Å². The zero-order valence-electron chi connectivity index (χ0n) is 8.07. The Hall–Kier alpha value is -1.58. The van der Waals surface area contributed by atoms with Crippen LogP contribution in [0.2, 0.25) is 6.32 Å². The van der Waals surface area contributed by atoms with E-state index in [1.165, 1.54) is 0 Å². The largest absolute Gasteiger partial charge is 0.278 e. The quantitative estimate of drug-likeness (QED) is 0.729. The van der Waals surface area contributed by atoms with Crippen molar-refractivity contribution >= 4 is 12.7 Å². The van der Waals surface area contributed by atoms with Crippen LogP contribution in [0.15, 0.2) is 30.7 Å². The molecule has 1 N–H and O–H groups in total. The van der Waals surface area contributed by atoms with Gasteiger partial charge in [-0.25, -0.2) is 0 Å². The van der Waals surface area contributed by atoms with Crippen LogP contribution in [0.4, 0.5) is 0 Å². The van der Waals surface area contributed by atoms with Crippen molar-refractivity contribution in [3.05, 3.63) is 30.7 Å². The first-order chi connectivity index (χ1) is 6.92. The van der Waals surface area contributed by atoms with E-state index in [0.717, 1.165) is 23.0 Å². The van der Waals surface area contributed by atoms with E-state index in [4.69, 9.17) is 0 Å². The van der Waals surface area contributed by atoms with Crippen LogP contribution in [-0.4, -0.2) is 22.5 Å². The minimum absolute atomic E-state index is 1.01. The van der Waals surface area contributed by atoms with E-state index in [2.05, 4.69) is 29.4 Å². The van der Waals surface area contributed by atoms with Gasteiger partial charge in [-0.1, -0.05) is 13.2 Å². The molecule has 0 amide bonds. The Bertz CT molecular complexity index is 397. The van der Waals surface area contributed by atoms with Gasteiger partial charge in [0.25, 0.3) is 0 Å². The molecule has 0 bridgehead atoms. The third kappa shape index (κ3) is 1.69. The van der Waals surface area contributed by atoms with Gasteiger partial charge >= 0.3 is 0 Å². The number of H-pyrrole nitrogens is 1. The molecule has 14 heavy (non-hydrogen) atoms. The van der Waals surface area contributed by atoms with Gasteiger partial charge in [0.15, 0.2) is 7.28 Å². The Kier molecular flexibility index (Phi) is 2.63. The maximum absolute atomic E-state index is 4.04. The lowest BCUT2D eigenvalue weighted by Gasteiger charge is -1.99. The fourth-order valence-corrected chi connectivity index (χ4v) is 1.42. The maximum atomic E-state index is 4.04. The molecular weight excluding hydrogens is 173 g/mol. The number of aromatic amines is 1. The summed E-state index contributed by atoms with van der Waals surface area (Å²) < 4.78 is 0. The molecule has 2 aromatic rings. The molecule has 0 unspecified atom stereocenters. The van der Waals surface area contributed by atoms with Crippen molar-refractivity contribution in [3.8, 4) is 11.3 Å². The van der Waals surface area contributed by atoms with E-state index in [-0.39, 0.29) is 0 Å². The highest BCUT2D eigenvalue weighted by molar-refractivity contribution is 6.55. The monoisotopic (exact) mass is 184 g/mol. The third-order valence-corrected chi connectivity index (χ3v) is 2.06. The molecule has 0 atom stereocenters. The number of nitrogens with zero attached hydrogens (tertiary/aromatic N) is 2. The molecule has 0 aliphatic heterocycles. The first-order valence-electron chi connectivity index (χ1n) is 4.68. The van der Waals surface area contributed by atoms with E-state index < -0.39 is 0 Å². The summed E-state index contributed by atoms with van der Waals surface area (Å²) in [6, 6.07) is 3.95. The highest BCUT2D eigenvalue weighted by atomic mass is 15.1. The number of rotatable bonds is 3. The van der Waals surface area contributed by atoms with Crippen LogP contribution in [0.5, 0.6) is 0 Å². The second kappa shape index (κ2) is 4.09. The zero-order chi connectivity index (χ0) is 9.80. The summed E-state index contributed by atoms with van der Waals surface area (Å²) in [5.74, 6) is 0. The summed E-state index contributed by atoms with van der Waals surface area (Å²) in [5.41, 5.74) is 3.34. The van der Waals surface area contributed by atoms with Gasteiger partial charge in [-0.3, -0.25) is 10.1 Å². The second-order valence-corrected chi connectivity index (χ2v) is 3.05. The SMILES string of the molecule is CC[B]c1cn[nH]c1-c1ccncc1. The molecule has 1 radical (unpaired) electrons. The Morgan fingerprint density at radius 2 is 2.14 bits per heavy atom. The van der Waals surface area contributed by atoms with Crippen LogP contribution in [0.1, 0.15) is 6.92 Å². The van der Waals surface area contributed by atoms with Crippen molar-refractivity contribution < 1.29 is 0 Å². The number of nitrogens with one attached hydrogen (secondary N) is 1. The van der Waals surface area contributed by atoms with Crippen LogP contribution in [0.3, 0.4) is 0 Å². The highest BCUT2D eigenvalue weighted by Crippen LogP contribution is 2.11. The molecule has 3 nitrogen and oxygen atoms in total. The molecule has 0 saturated heterocycles. The lowest BCUT2D eigenvalue weighted by atomic mass is 9.67. The topological polar surface area (TPSA) is 41.6 Å². The molecule has 69 valence electrons. The number of hydrogen-bond acceptors (Lipinski definition) is 2. The van der Waals surface area contributed by atoms with E-state index >= 15 is 0 Å². The predicted molar refractivity (Wildman–Crippen MR) is 57.7 cm³/mol. The molecule has 4 heteroatoms. The van der Waals surface area contributed by atoms with Crippen LogP contribution in [0.25, 0.3) is 11.3 Å². The Morgan fingerprint density at radius 3 is 2.86 bits per heavy atom. The molecule has 0 aliphatic rings. The molecule has 2 rings (SSSR count). The minimum atomic E-state index is 1.01. The van der Waals surface area contributed by atoms with Crippen molar-refractivity contribution in [1.29, 1.82) is 0 Å². The zero-order valence-corrected chi connectivity index (χ0v) is 8.07. The lowest BCUT2D eigenvalue weighted by Crippen LogP contribution is -2.13. The lowest BCUT2D eigenvalue weighted by molar-refractivity contribution is 1.09. The number of hydrogen-bond donors (Lipinski definition) is 1. The number of aromatic nitrogens is 3. The van der Waals surface area contributed by atoms with Crippen LogP contribution in [-0.2, 0) is 0 Å². The van der Waals surface area contributed by atoms with Gasteiger partial charge in [0.05, 0.1) is 5.69 Å². The average Bonchev–Trinajstić information content (AvgIpc) is 2.68. The predicted octanol–water partition coefficient (Wildman–Crippen LogP) is 1.24. The van der Waals surface area contributed by atoms with Crippen molar-refractivity contribution in [2.24, 2.45) is 0 Å². The third-order valence-electron chi connectivity index (χ3n) is 2.06. The van der Waals surface area contributed by atoms with Crippen LogP contribution >= 0.6 is 0 Å². The maximum Gasteiger partial charge on any atom is 0.156 e. The van der Waals surface area contributed by atoms with Crippen molar-refractivity contribution in [1.82, 2.24) is 15.2 Å². The smallest absolute Gasteiger partial charge is 0.156 e. The molecule has 0 fully saturated rings. The van der Waals surface area contributed by atoms with Gasteiger partial charge < -0.3 is 0 Å². The molecule has 2 aromatic heterocycles. The molecule has 0 saturated carbocycles. The molecular formula is C10H11BN3. The normalized spacial score (nSPS) is 10.1. The first kappa shape index (κ1) is 9.00. The van der Waals surface area contributed by atoms with Gasteiger partial charge in [-0.2, -0.15) is 5.10 Å². The van der Waals surface area contributed by atoms with Gasteiger partial charge in [-0.05, 0) is 17.6 Å². The summed E-state index contributed by atoms with van der Waals surface area (Å²) in [6.07, 6.45) is 6.43.